The van der Waals surface area contributed by atoms with E-state index in [4.69, 9.17) is 4.74 Å². The van der Waals surface area contributed by atoms with E-state index in [0.717, 1.165) is 32.4 Å². The maximum Gasteiger partial charge on any atom is 0.271 e. The number of ether oxygens (including phenoxy) is 1. The van der Waals surface area contributed by atoms with Crippen molar-refractivity contribution in [2.45, 2.75) is 33.1 Å². The molecular formula is C14H24N4O2. The van der Waals surface area contributed by atoms with Crippen LogP contribution in [0, 0.1) is 0 Å². The highest BCUT2D eigenvalue weighted by Crippen LogP contribution is 2.02. The van der Waals surface area contributed by atoms with E-state index in [9.17, 15) is 4.79 Å². The molecule has 1 aromatic rings. The fourth-order valence-corrected chi connectivity index (χ4v) is 1.49. The molecule has 1 amide bonds. The highest BCUT2D eigenvalue weighted by Gasteiger charge is 2.07. The molecule has 20 heavy (non-hydrogen) atoms. The lowest BCUT2D eigenvalue weighted by Gasteiger charge is -2.07. The highest BCUT2D eigenvalue weighted by molar-refractivity contribution is 5.92. The Morgan fingerprint density at radius 1 is 1.20 bits per heavy atom. The van der Waals surface area contributed by atoms with Gasteiger partial charge in [0.2, 0.25) is 0 Å². The summed E-state index contributed by atoms with van der Waals surface area (Å²) in [4.78, 5) is 20.1. The molecule has 0 aliphatic rings. The third kappa shape index (κ3) is 6.47. The number of carbonyl (C=O) groups excluding carboxylic acids is 1. The average Bonchev–Trinajstić information content (AvgIpc) is 2.48. The number of hydrogen-bond donors (Lipinski definition) is 2. The lowest BCUT2D eigenvalue weighted by molar-refractivity contribution is 0.0908. The number of nitrogens with zero attached hydrogens (tertiary/aromatic N) is 2. The van der Waals surface area contributed by atoms with Gasteiger partial charge in [-0.05, 0) is 12.8 Å². The number of aromatic nitrogens is 2. The van der Waals surface area contributed by atoms with Crippen LogP contribution >= 0.6 is 0 Å². The van der Waals surface area contributed by atoms with Crippen molar-refractivity contribution in [1.82, 2.24) is 15.3 Å². The molecule has 0 atom stereocenters. The van der Waals surface area contributed by atoms with Crippen LogP contribution in [0.1, 0.15) is 43.6 Å². The van der Waals surface area contributed by atoms with E-state index in [-0.39, 0.29) is 5.91 Å². The summed E-state index contributed by atoms with van der Waals surface area (Å²) in [6, 6.07) is 0. The lowest BCUT2D eigenvalue weighted by Crippen LogP contribution is -2.28. The zero-order valence-corrected chi connectivity index (χ0v) is 12.3. The second-order valence-electron chi connectivity index (χ2n) is 4.44. The molecule has 112 valence electrons. The van der Waals surface area contributed by atoms with Crippen molar-refractivity contribution in [2.75, 3.05) is 31.6 Å². The number of carbonyl (C=O) groups is 1. The van der Waals surface area contributed by atoms with Crippen LogP contribution in [-0.2, 0) is 4.74 Å². The molecule has 6 nitrogen and oxygen atoms in total. The smallest absolute Gasteiger partial charge is 0.271 e. The summed E-state index contributed by atoms with van der Waals surface area (Å²) in [7, 11) is 0. The molecule has 0 fully saturated rings. The van der Waals surface area contributed by atoms with Crippen molar-refractivity contribution in [3.05, 3.63) is 18.1 Å². The fourth-order valence-electron chi connectivity index (χ4n) is 1.49. The Morgan fingerprint density at radius 3 is 2.80 bits per heavy atom. The van der Waals surface area contributed by atoms with E-state index in [2.05, 4.69) is 34.4 Å². The van der Waals surface area contributed by atoms with Crippen molar-refractivity contribution in [3.8, 4) is 0 Å². The van der Waals surface area contributed by atoms with Crippen molar-refractivity contribution < 1.29 is 9.53 Å². The third-order valence-electron chi connectivity index (χ3n) is 2.60. The quantitative estimate of drug-likeness (QED) is 0.640. The maximum atomic E-state index is 11.9. The largest absolute Gasteiger partial charge is 0.380 e. The molecule has 0 aliphatic heterocycles. The fraction of sp³-hybridized carbons (Fsp3) is 0.643. The van der Waals surface area contributed by atoms with Crippen LogP contribution in [0.2, 0.25) is 0 Å². The van der Waals surface area contributed by atoms with Gasteiger partial charge in [-0.1, -0.05) is 20.3 Å². The third-order valence-corrected chi connectivity index (χ3v) is 2.60. The molecule has 0 saturated carbocycles. The SMILES string of the molecule is CCCCOCCNC(=O)c1cncc(NCCC)n1. The molecule has 1 heterocycles. The summed E-state index contributed by atoms with van der Waals surface area (Å²) >= 11 is 0. The summed E-state index contributed by atoms with van der Waals surface area (Å²) in [5, 5.41) is 5.87. The van der Waals surface area contributed by atoms with Crippen LogP contribution in [0.5, 0.6) is 0 Å². The average molecular weight is 280 g/mol. The Hall–Kier alpha value is -1.69. The number of hydrogen-bond acceptors (Lipinski definition) is 5. The molecule has 0 radical (unpaired) electrons. The number of unbranched alkanes of at least 4 members (excludes halogenated alkanes) is 1. The van der Waals surface area contributed by atoms with E-state index in [1.54, 1.807) is 6.20 Å². The van der Waals surface area contributed by atoms with Gasteiger partial charge in [-0.2, -0.15) is 0 Å². The number of anilines is 1. The minimum Gasteiger partial charge on any atom is -0.380 e. The van der Waals surface area contributed by atoms with Gasteiger partial charge in [0, 0.05) is 19.7 Å². The van der Waals surface area contributed by atoms with Gasteiger partial charge >= 0.3 is 0 Å². The first-order valence-corrected chi connectivity index (χ1v) is 7.19. The maximum absolute atomic E-state index is 11.9. The van der Waals surface area contributed by atoms with Gasteiger partial charge in [-0.3, -0.25) is 9.78 Å². The van der Waals surface area contributed by atoms with Crippen LogP contribution in [0.3, 0.4) is 0 Å². The van der Waals surface area contributed by atoms with Crippen LogP contribution in [0.4, 0.5) is 5.82 Å². The predicted molar refractivity (Wildman–Crippen MR) is 78.9 cm³/mol. The van der Waals surface area contributed by atoms with Gasteiger partial charge in [0.1, 0.15) is 11.5 Å². The molecule has 0 saturated heterocycles. The lowest BCUT2D eigenvalue weighted by atomic mass is 10.4. The Kier molecular flexibility index (Phi) is 8.30. The van der Waals surface area contributed by atoms with Gasteiger partial charge in [-0.25, -0.2) is 4.98 Å². The van der Waals surface area contributed by atoms with Crippen LogP contribution in [0.15, 0.2) is 12.4 Å². The second-order valence-corrected chi connectivity index (χ2v) is 4.44. The normalized spacial score (nSPS) is 10.3. The zero-order valence-electron chi connectivity index (χ0n) is 12.3. The summed E-state index contributed by atoms with van der Waals surface area (Å²) in [5.74, 6) is 0.399. The van der Waals surface area contributed by atoms with E-state index >= 15 is 0 Å². The van der Waals surface area contributed by atoms with E-state index in [0.29, 0.717) is 24.7 Å². The second kappa shape index (κ2) is 10.1. The Balaban J connectivity index is 2.31. The van der Waals surface area contributed by atoms with Gasteiger partial charge in [-0.15, -0.1) is 0 Å². The molecular weight excluding hydrogens is 256 g/mol. The van der Waals surface area contributed by atoms with Crippen LogP contribution in [-0.4, -0.2) is 42.2 Å². The monoisotopic (exact) mass is 280 g/mol. The van der Waals surface area contributed by atoms with Gasteiger partial charge in [0.05, 0.1) is 19.0 Å². The molecule has 0 unspecified atom stereocenters. The Bertz CT molecular complexity index is 399. The van der Waals surface area contributed by atoms with Crippen molar-refractivity contribution in [2.24, 2.45) is 0 Å². The molecule has 2 N–H and O–H groups in total. The van der Waals surface area contributed by atoms with Crippen LogP contribution in [0.25, 0.3) is 0 Å². The molecule has 0 bridgehead atoms. The standard InChI is InChI=1S/C14H24N4O2/c1-3-5-8-20-9-7-17-14(19)12-10-15-11-13(18-12)16-6-4-2/h10-11H,3-9H2,1-2H3,(H,16,18)(H,17,19). The summed E-state index contributed by atoms with van der Waals surface area (Å²) in [5.41, 5.74) is 0.319. The summed E-state index contributed by atoms with van der Waals surface area (Å²) in [6.07, 6.45) is 6.22. The molecule has 0 aromatic carbocycles. The first-order chi connectivity index (χ1) is 9.77. The van der Waals surface area contributed by atoms with E-state index < -0.39 is 0 Å². The molecule has 6 heteroatoms. The topological polar surface area (TPSA) is 76.1 Å². The van der Waals surface area contributed by atoms with Gasteiger partial charge in [0.25, 0.3) is 5.91 Å². The Morgan fingerprint density at radius 2 is 2.05 bits per heavy atom. The first kappa shape index (κ1) is 16.4. The first-order valence-electron chi connectivity index (χ1n) is 7.19. The zero-order chi connectivity index (χ0) is 14.6. The Labute approximate surface area is 120 Å². The number of rotatable bonds is 10. The summed E-state index contributed by atoms with van der Waals surface area (Å²) < 4.78 is 5.37. The number of nitrogens with one attached hydrogen (secondary N) is 2. The molecule has 0 aliphatic carbocycles. The highest BCUT2D eigenvalue weighted by atomic mass is 16.5. The minimum absolute atomic E-state index is 0.225. The van der Waals surface area contributed by atoms with Gasteiger partial charge < -0.3 is 15.4 Å². The minimum atomic E-state index is -0.225. The van der Waals surface area contributed by atoms with Crippen LogP contribution < -0.4 is 10.6 Å². The van der Waals surface area contributed by atoms with Crippen molar-refractivity contribution >= 4 is 11.7 Å². The van der Waals surface area contributed by atoms with E-state index in [1.807, 2.05) is 0 Å². The van der Waals surface area contributed by atoms with Crippen molar-refractivity contribution in [1.29, 1.82) is 0 Å². The molecule has 1 aromatic heterocycles. The van der Waals surface area contributed by atoms with Crippen molar-refractivity contribution in [3.63, 3.8) is 0 Å². The molecule has 0 spiro atoms. The molecule has 1 rings (SSSR count). The predicted octanol–water partition coefficient (Wildman–Crippen LogP) is 1.84. The van der Waals surface area contributed by atoms with Gasteiger partial charge in [0.15, 0.2) is 0 Å². The number of amides is 1. The summed E-state index contributed by atoms with van der Waals surface area (Å²) in [6.45, 7) is 6.73. The van der Waals surface area contributed by atoms with E-state index in [1.165, 1.54) is 6.20 Å².